The maximum Gasteiger partial charge on any atom is 0.138 e. The fourth-order valence-electron chi connectivity index (χ4n) is 1.10. The van der Waals surface area contributed by atoms with Crippen molar-refractivity contribution in [2.45, 2.75) is 33.4 Å². The van der Waals surface area contributed by atoms with E-state index in [1.54, 1.807) is 0 Å². The van der Waals surface area contributed by atoms with Crippen molar-refractivity contribution >= 4 is 0 Å². The molecule has 1 aromatic heterocycles. The molecule has 1 N–H and O–H groups in total. The van der Waals surface area contributed by atoms with Gasteiger partial charge in [0.2, 0.25) is 0 Å². The van der Waals surface area contributed by atoms with Crippen molar-refractivity contribution in [2.75, 3.05) is 0 Å². The van der Waals surface area contributed by atoms with Gasteiger partial charge in [-0.25, -0.2) is 0 Å². The van der Waals surface area contributed by atoms with Crippen molar-refractivity contribution in [3.05, 3.63) is 29.7 Å². The van der Waals surface area contributed by atoms with Crippen LogP contribution in [0.15, 0.2) is 17.2 Å². The first kappa shape index (κ1) is 9.99. The van der Waals surface area contributed by atoms with E-state index in [0.717, 1.165) is 23.6 Å². The Morgan fingerprint density at radius 3 is 2.77 bits per heavy atom. The number of nitrogens with zero attached hydrogens (tertiary/aromatic N) is 1. The van der Waals surface area contributed by atoms with Gasteiger partial charge in [0.1, 0.15) is 5.76 Å². The fraction of sp³-hybridized carbons (Fsp3) is 0.500. The SMILES string of the molecule is C=CC(C)NCc1c(C)noc1C. The van der Waals surface area contributed by atoms with Gasteiger partial charge in [-0.3, -0.25) is 0 Å². The summed E-state index contributed by atoms with van der Waals surface area (Å²) in [7, 11) is 0. The largest absolute Gasteiger partial charge is 0.361 e. The summed E-state index contributed by atoms with van der Waals surface area (Å²) >= 11 is 0. The highest BCUT2D eigenvalue weighted by Gasteiger charge is 2.08. The van der Waals surface area contributed by atoms with Gasteiger partial charge in [-0.2, -0.15) is 0 Å². The smallest absolute Gasteiger partial charge is 0.138 e. The van der Waals surface area contributed by atoms with Crippen LogP contribution in [0.25, 0.3) is 0 Å². The first-order valence-corrected chi connectivity index (χ1v) is 4.43. The third kappa shape index (κ3) is 2.42. The van der Waals surface area contributed by atoms with Crippen molar-refractivity contribution in [2.24, 2.45) is 0 Å². The van der Waals surface area contributed by atoms with Gasteiger partial charge in [-0.15, -0.1) is 6.58 Å². The molecule has 0 amide bonds. The van der Waals surface area contributed by atoms with Crippen LogP contribution in [0.5, 0.6) is 0 Å². The molecule has 0 aliphatic carbocycles. The predicted molar refractivity (Wildman–Crippen MR) is 52.5 cm³/mol. The van der Waals surface area contributed by atoms with Gasteiger partial charge in [0.15, 0.2) is 0 Å². The minimum atomic E-state index is 0.314. The van der Waals surface area contributed by atoms with Crippen LogP contribution >= 0.6 is 0 Å². The van der Waals surface area contributed by atoms with Crippen molar-refractivity contribution in [3.63, 3.8) is 0 Å². The summed E-state index contributed by atoms with van der Waals surface area (Å²) < 4.78 is 5.05. The zero-order valence-electron chi connectivity index (χ0n) is 8.42. The third-order valence-corrected chi connectivity index (χ3v) is 2.14. The van der Waals surface area contributed by atoms with E-state index in [1.807, 2.05) is 19.9 Å². The first-order valence-electron chi connectivity index (χ1n) is 4.43. The van der Waals surface area contributed by atoms with Gasteiger partial charge in [0, 0.05) is 18.2 Å². The molecule has 1 rings (SSSR count). The molecular formula is C10H16N2O. The van der Waals surface area contributed by atoms with Crippen LogP contribution in [0.4, 0.5) is 0 Å². The molecule has 13 heavy (non-hydrogen) atoms. The van der Waals surface area contributed by atoms with Crippen molar-refractivity contribution in [1.29, 1.82) is 0 Å². The Labute approximate surface area is 78.8 Å². The second kappa shape index (κ2) is 4.23. The van der Waals surface area contributed by atoms with Crippen LogP contribution in [0.1, 0.15) is 23.9 Å². The van der Waals surface area contributed by atoms with E-state index in [0.29, 0.717) is 6.04 Å². The summed E-state index contributed by atoms with van der Waals surface area (Å²) in [4.78, 5) is 0. The Balaban J connectivity index is 2.58. The second-order valence-corrected chi connectivity index (χ2v) is 3.21. The summed E-state index contributed by atoms with van der Waals surface area (Å²) in [6, 6.07) is 0.314. The summed E-state index contributed by atoms with van der Waals surface area (Å²) in [6.45, 7) is 10.4. The molecule has 3 heteroatoms. The zero-order chi connectivity index (χ0) is 9.84. The predicted octanol–water partition coefficient (Wildman–Crippen LogP) is 1.96. The van der Waals surface area contributed by atoms with Crippen molar-refractivity contribution in [3.8, 4) is 0 Å². The molecule has 0 spiro atoms. The lowest BCUT2D eigenvalue weighted by molar-refractivity contribution is 0.391. The molecule has 0 aromatic carbocycles. The highest BCUT2D eigenvalue weighted by Crippen LogP contribution is 2.11. The van der Waals surface area contributed by atoms with Crippen molar-refractivity contribution < 1.29 is 4.52 Å². The minimum Gasteiger partial charge on any atom is -0.361 e. The molecule has 0 aliphatic rings. The van der Waals surface area contributed by atoms with E-state index in [1.165, 1.54) is 0 Å². The van der Waals surface area contributed by atoms with Gasteiger partial charge in [-0.1, -0.05) is 11.2 Å². The van der Waals surface area contributed by atoms with Crippen LogP contribution in [0.2, 0.25) is 0 Å². The molecule has 0 bridgehead atoms. The lowest BCUT2D eigenvalue weighted by atomic mass is 10.2. The van der Waals surface area contributed by atoms with Crippen LogP contribution < -0.4 is 5.32 Å². The molecule has 0 saturated heterocycles. The first-order chi connectivity index (χ1) is 6.15. The maximum atomic E-state index is 5.05. The number of hydrogen-bond acceptors (Lipinski definition) is 3. The highest BCUT2D eigenvalue weighted by molar-refractivity contribution is 5.20. The molecule has 72 valence electrons. The van der Waals surface area contributed by atoms with Gasteiger partial charge < -0.3 is 9.84 Å². The Hall–Kier alpha value is -1.09. The molecule has 1 aromatic rings. The lowest BCUT2D eigenvalue weighted by Gasteiger charge is -2.07. The molecule has 3 nitrogen and oxygen atoms in total. The average molecular weight is 180 g/mol. The minimum absolute atomic E-state index is 0.314. The van der Waals surface area contributed by atoms with E-state index in [-0.39, 0.29) is 0 Å². The lowest BCUT2D eigenvalue weighted by Crippen LogP contribution is -2.23. The molecule has 1 atom stereocenters. The van der Waals surface area contributed by atoms with E-state index in [4.69, 9.17) is 4.52 Å². The van der Waals surface area contributed by atoms with Gasteiger partial charge in [-0.05, 0) is 20.8 Å². The van der Waals surface area contributed by atoms with Gasteiger partial charge >= 0.3 is 0 Å². The third-order valence-electron chi connectivity index (χ3n) is 2.14. The Bertz CT molecular complexity index is 272. The Morgan fingerprint density at radius 2 is 2.31 bits per heavy atom. The summed E-state index contributed by atoms with van der Waals surface area (Å²) in [5.74, 6) is 0.890. The summed E-state index contributed by atoms with van der Waals surface area (Å²) in [5, 5.41) is 7.18. The number of aromatic nitrogens is 1. The van der Waals surface area contributed by atoms with E-state index in [2.05, 4.69) is 24.0 Å². The molecule has 1 heterocycles. The average Bonchev–Trinajstić information content (AvgIpc) is 2.43. The number of rotatable bonds is 4. The zero-order valence-corrected chi connectivity index (χ0v) is 8.42. The normalized spacial score (nSPS) is 12.8. The van der Waals surface area contributed by atoms with Crippen LogP contribution in [0.3, 0.4) is 0 Å². The van der Waals surface area contributed by atoms with Crippen LogP contribution in [-0.4, -0.2) is 11.2 Å². The molecular weight excluding hydrogens is 164 g/mol. The molecule has 0 fully saturated rings. The van der Waals surface area contributed by atoms with Crippen LogP contribution in [0, 0.1) is 13.8 Å². The van der Waals surface area contributed by atoms with E-state index in [9.17, 15) is 0 Å². The number of aryl methyl sites for hydroxylation is 2. The quantitative estimate of drug-likeness (QED) is 0.720. The van der Waals surface area contributed by atoms with E-state index < -0.39 is 0 Å². The summed E-state index contributed by atoms with van der Waals surface area (Å²) in [6.07, 6.45) is 1.87. The Kier molecular flexibility index (Phi) is 3.25. The maximum absolute atomic E-state index is 5.05. The Morgan fingerprint density at radius 1 is 1.62 bits per heavy atom. The van der Waals surface area contributed by atoms with E-state index >= 15 is 0 Å². The van der Waals surface area contributed by atoms with Crippen molar-refractivity contribution in [1.82, 2.24) is 10.5 Å². The van der Waals surface area contributed by atoms with Gasteiger partial charge in [0.25, 0.3) is 0 Å². The fourth-order valence-corrected chi connectivity index (χ4v) is 1.10. The van der Waals surface area contributed by atoms with Gasteiger partial charge in [0.05, 0.1) is 5.69 Å². The molecule has 0 saturated carbocycles. The summed E-state index contributed by atoms with van der Waals surface area (Å²) in [5.41, 5.74) is 2.11. The number of nitrogens with one attached hydrogen (secondary N) is 1. The standard InChI is InChI=1S/C10H16N2O/c1-5-7(2)11-6-10-8(3)12-13-9(10)4/h5,7,11H,1,6H2,2-4H3. The molecule has 0 radical (unpaired) electrons. The molecule has 0 aliphatic heterocycles. The van der Waals surface area contributed by atoms with Crippen LogP contribution in [-0.2, 0) is 6.54 Å². The molecule has 1 unspecified atom stereocenters. The second-order valence-electron chi connectivity index (χ2n) is 3.21. The number of hydrogen-bond donors (Lipinski definition) is 1. The monoisotopic (exact) mass is 180 g/mol. The highest BCUT2D eigenvalue weighted by atomic mass is 16.5. The topological polar surface area (TPSA) is 38.1 Å².